The summed E-state index contributed by atoms with van der Waals surface area (Å²) in [6.07, 6.45) is 2.32. The summed E-state index contributed by atoms with van der Waals surface area (Å²) in [7, 11) is 0. The summed E-state index contributed by atoms with van der Waals surface area (Å²) < 4.78 is 6.13. The average molecular weight is 324 g/mol. The first kappa shape index (κ1) is 17.0. The summed E-state index contributed by atoms with van der Waals surface area (Å²) in [5.74, 6) is 1.58. The topological polar surface area (TPSA) is 13.7 Å². The molecule has 0 saturated heterocycles. The van der Waals surface area contributed by atoms with Crippen LogP contribution in [0.4, 0.5) is 0 Å². The summed E-state index contributed by atoms with van der Waals surface area (Å²) in [4.78, 5) is 1.69. The van der Waals surface area contributed by atoms with Gasteiger partial charge in [0.05, 0.1) is 19.7 Å². The van der Waals surface area contributed by atoms with E-state index >= 15 is 0 Å². The second-order valence-corrected chi connectivity index (χ2v) is 7.34. The van der Waals surface area contributed by atoms with Gasteiger partial charge in [0.15, 0.2) is 0 Å². The summed E-state index contributed by atoms with van der Waals surface area (Å²) in [6.45, 7) is 11.0. The van der Waals surface area contributed by atoms with Crippen LogP contribution in [0.3, 0.4) is 0 Å². The molecule has 0 aliphatic carbocycles. The normalized spacial score (nSPS) is 16.9. The number of hydrogen-bond acceptors (Lipinski definition) is 1. The van der Waals surface area contributed by atoms with Crippen LogP contribution in [0.15, 0.2) is 42.5 Å². The molecule has 0 spiro atoms. The van der Waals surface area contributed by atoms with Gasteiger partial charge < -0.3 is 9.64 Å². The van der Waals surface area contributed by atoms with Gasteiger partial charge in [-0.2, -0.15) is 0 Å². The highest BCUT2D eigenvalue weighted by Crippen LogP contribution is 2.27. The Kier molecular flexibility index (Phi) is 5.57. The molecule has 0 aromatic heterocycles. The lowest BCUT2D eigenvalue weighted by Crippen LogP contribution is -3.11. The highest BCUT2D eigenvalue weighted by molar-refractivity contribution is 5.39. The van der Waals surface area contributed by atoms with Gasteiger partial charge in [-0.15, -0.1) is 0 Å². The zero-order valence-electron chi connectivity index (χ0n) is 15.3. The summed E-state index contributed by atoms with van der Waals surface area (Å²) in [5.41, 5.74) is 5.66. The van der Waals surface area contributed by atoms with E-state index in [0.717, 1.165) is 25.3 Å². The second kappa shape index (κ2) is 7.85. The first-order valence-electron chi connectivity index (χ1n) is 9.27. The number of fused-ring (bicyclic) bond motifs is 1. The lowest BCUT2D eigenvalue weighted by atomic mass is 10.00. The van der Waals surface area contributed by atoms with Crippen molar-refractivity contribution in [1.82, 2.24) is 0 Å². The van der Waals surface area contributed by atoms with Crippen LogP contribution >= 0.6 is 0 Å². The minimum atomic E-state index is 0.504. The van der Waals surface area contributed by atoms with Crippen LogP contribution in [0, 0.1) is 6.92 Å². The van der Waals surface area contributed by atoms with Crippen molar-refractivity contribution in [3.8, 4) is 5.75 Å². The number of nitrogens with one attached hydrogen (secondary N) is 1. The molecule has 24 heavy (non-hydrogen) atoms. The second-order valence-electron chi connectivity index (χ2n) is 7.34. The van der Waals surface area contributed by atoms with Crippen molar-refractivity contribution >= 4 is 0 Å². The summed E-state index contributed by atoms with van der Waals surface area (Å²) >= 11 is 0. The molecule has 1 aliphatic rings. The fourth-order valence-electron chi connectivity index (χ4n) is 3.60. The third-order valence-electron chi connectivity index (χ3n) is 5.03. The van der Waals surface area contributed by atoms with E-state index in [1.165, 1.54) is 36.2 Å². The first-order chi connectivity index (χ1) is 11.6. The molecule has 0 amide bonds. The molecule has 2 heteroatoms. The Balaban J connectivity index is 1.49. The number of aryl methyl sites for hydroxylation is 1. The van der Waals surface area contributed by atoms with Crippen molar-refractivity contribution in [2.75, 3.05) is 19.7 Å². The van der Waals surface area contributed by atoms with Crippen molar-refractivity contribution in [3.63, 3.8) is 0 Å². The minimum Gasteiger partial charge on any atom is -0.493 e. The lowest BCUT2D eigenvalue weighted by molar-refractivity contribution is -0.916. The minimum absolute atomic E-state index is 0.504. The molecule has 1 N–H and O–H groups in total. The highest BCUT2D eigenvalue weighted by atomic mass is 16.5. The Hall–Kier alpha value is -1.80. The van der Waals surface area contributed by atoms with Crippen LogP contribution in [0.2, 0.25) is 0 Å². The molecule has 2 aromatic carbocycles. The maximum Gasteiger partial charge on any atom is 0.123 e. The van der Waals surface area contributed by atoms with Gasteiger partial charge in [0.1, 0.15) is 12.3 Å². The fraction of sp³-hybridized carbons (Fsp3) is 0.455. The van der Waals surface area contributed by atoms with E-state index in [1.54, 1.807) is 10.5 Å². The van der Waals surface area contributed by atoms with Crippen LogP contribution < -0.4 is 9.64 Å². The van der Waals surface area contributed by atoms with Gasteiger partial charge in [0.25, 0.3) is 0 Å². The lowest BCUT2D eigenvalue weighted by Gasteiger charge is -2.26. The molecular weight excluding hydrogens is 294 g/mol. The van der Waals surface area contributed by atoms with Crippen LogP contribution in [0.1, 0.15) is 48.4 Å². The van der Waals surface area contributed by atoms with E-state index in [2.05, 4.69) is 63.2 Å². The van der Waals surface area contributed by atoms with Crippen molar-refractivity contribution in [2.45, 2.75) is 46.1 Å². The van der Waals surface area contributed by atoms with Crippen molar-refractivity contribution in [1.29, 1.82) is 0 Å². The van der Waals surface area contributed by atoms with Crippen molar-refractivity contribution in [3.05, 3.63) is 64.7 Å². The number of rotatable bonds is 6. The third kappa shape index (κ3) is 4.18. The SMILES string of the molecule is Cc1ccc(C(C)C)c(OCCC[NH+]2CCc3ccccc3C2)c1. The molecule has 1 unspecified atom stereocenters. The number of ether oxygens (including phenoxy) is 1. The van der Waals surface area contributed by atoms with E-state index in [0.29, 0.717) is 5.92 Å². The molecule has 0 radical (unpaired) electrons. The molecule has 0 bridgehead atoms. The Morgan fingerprint density at radius 1 is 1.08 bits per heavy atom. The standard InChI is InChI=1S/C22H29NO/c1-17(2)21-10-9-18(3)15-22(21)24-14-6-12-23-13-11-19-7-4-5-8-20(19)16-23/h4-5,7-10,15,17H,6,11-14,16H2,1-3H3/p+1. The third-order valence-corrected chi connectivity index (χ3v) is 5.03. The maximum absolute atomic E-state index is 6.13. The van der Waals surface area contributed by atoms with Crippen molar-refractivity contribution < 1.29 is 9.64 Å². The van der Waals surface area contributed by atoms with E-state index in [9.17, 15) is 0 Å². The zero-order chi connectivity index (χ0) is 16.9. The van der Waals surface area contributed by atoms with Gasteiger partial charge in [0.2, 0.25) is 0 Å². The quantitative estimate of drug-likeness (QED) is 0.803. The van der Waals surface area contributed by atoms with E-state index in [4.69, 9.17) is 4.74 Å². The van der Waals surface area contributed by atoms with Gasteiger partial charge in [0, 0.05) is 18.4 Å². The van der Waals surface area contributed by atoms with E-state index in [1.807, 2.05) is 0 Å². The van der Waals surface area contributed by atoms with E-state index < -0.39 is 0 Å². The summed E-state index contributed by atoms with van der Waals surface area (Å²) in [6, 6.07) is 15.5. The largest absolute Gasteiger partial charge is 0.493 e. The van der Waals surface area contributed by atoms with Crippen molar-refractivity contribution in [2.24, 2.45) is 0 Å². The van der Waals surface area contributed by atoms with Crippen LogP contribution in [-0.2, 0) is 13.0 Å². The van der Waals surface area contributed by atoms with Gasteiger partial charge in [-0.1, -0.05) is 50.2 Å². The van der Waals surface area contributed by atoms with E-state index in [-0.39, 0.29) is 0 Å². The highest BCUT2D eigenvalue weighted by Gasteiger charge is 2.18. The predicted octanol–water partition coefficient (Wildman–Crippen LogP) is 3.53. The molecular formula is C22H30NO+. The summed E-state index contributed by atoms with van der Waals surface area (Å²) in [5, 5.41) is 0. The molecule has 3 rings (SSSR count). The van der Waals surface area contributed by atoms with Gasteiger partial charge >= 0.3 is 0 Å². The molecule has 128 valence electrons. The molecule has 2 nitrogen and oxygen atoms in total. The zero-order valence-corrected chi connectivity index (χ0v) is 15.3. The molecule has 1 atom stereocenters. The molecule has 0 fully saturated rings. The Morgan fingerprint density at radius 3 is 2.67 bits per heavy atom. The smallest absolute Gasteiger partial charge is 0.123 e. The number of hydrogen-bond donors (Lipinski definition) is 1. The fourth-order valence-corrected chi connectivity index (χ4v) is 3.60. The number of benzene rings is 2. The average Bonchev–Trinajstić information content (AvgIpc) is 2.58. The van der Waals surface area contributed by atoms with Gasteiger partial charge in [-0.05, 0) is 35.6 Å². The molecule has 1 heterocycles. The van der Waals surface area contributed by atoms with Gasteiger partial charge in [-0.25, -0.2) is 0 Å². The van der Waals surface area contributed by atoms with Crippen LogP contribution in [-0.4, -0.2) is 19.7 Å². The van der Waals surface area contributed by atoms with Crippen LogP contribution in [0.5, 0.6) is 5.75 Å². The molecule has 0 saturated carbocycles. The Labute approximate surface area is 146 Å². The Bertz CT molecular complexity index is 677. The molecule has 1 aliphatic heterocycles. The first-order valence-corrected chi connectivity index (χ1v) is 9.27. The maximum atomic E-state index is 6.13. The number of quaternary nitrogens is 1. The van der Waals surface area contributed by atoms with Gasteiger partial charge in [-0.3, -0.25) is 0 Å². The monoisotopic (exact) mass is 324 g/mol. The predicted molar refractivity (Wildman–Crippen MR) is 99.9 cm³/mol. The van der Waals surface area contributed by atoms with Crippen LogP contribution in [0.25, 0.3) is 0 Å². The Morgan fingerprint density at radius 2 is 1.88 bits per heavy atom. The molecule has 2 aromatic rings.